The molecule has 0 aliphatic carbocycles. The lowest BCUT2D eigenvalue weighted by Crippen LogP contribution is -2.51. The van der Waals surface area contributed by atoms with E-state index < -0.39 is 6.04 Å². The van der Waals surface area contributed by atoms with Crippen molar-refractivity contribution < 1.29 is 4.79 Å². The van der Waals surface area contributed by atoms with E-state index in [1.807, 2.05) is 7.05 Å². The predicted molar refractivity (Wildman–Crippen MR) is 82.7 cm³/mol. The van der Waals surface area contributed by atoms with Crippen LogP contribution >= 0.6 is 0 Å². The molecule has 20 heavy (non-hydrogen) atoms. The van der Waals surface area contributed by atoms with Gasteiger partial charge in [-0.1, -0.05) is 25.5 Å². The van der Waals surface area contributed by atoms with Gasteiger partial charge in [0.15, 0.2) is 0 Å². The Balaban J connectivity index is 2.67. The van der Waals surface area contributed by atoms with Crippen molar-refractivity contribution in [3.05, 3.63) is 35.5 Å². The minimum Gasteiger partial charge on any atom is -0.368 e. The number of nitrogens with one attached hydrogen (secondary N) is 1. The van der Waals surface area contributed by atoms with Crippen molar-refractivity contribution in [2.75, 3.05) is 7.05 Å². The lowest BCUT2D eigenvalue weighted by Gasteiger charge is -2.32. The Bertz CT molecular complexity index is 655. The van der Waals surface area contributed by atoms with Crippen LogP contribution in [0, 0.1) is 6.92 Å². The predicted octanol–water partition coefficient (Wildman–Crippen LogP) is 1.84. The lowest BCUT2D eigenvalue weighted by atomic mass is 9.77. The molecule has 2 rings (SSSR count). The first kappa shape index (κ1) is 14.6. The Labute approximate surface area is 120 Å². The summed E-state index contributed by atoms with van der Waals surface area (Å²) in [5.74, 6) is -0.331. The zero-order valence-corrected chi connectivity index (χ0v) is 12.8. The van der Waals surface area contributed by atoms with Crippen LogP contribution in [0.1, 0.15) is 25.0 Å². The topological polar surface area (TPSA) is 60.0 Å². The summed E-state index contributed by atoms with van der Waals surface area (Å²) in [6, 6.07) is 5.97. The Kier molecular flexibility index (Phi) is 3.61. The first-order valence-corrected chi connectivity index (χ1v) is 6.81. The van der Waals surface area contributed by atoms with Crippen LogP contribution in [0.5, 0.6) is 0 Å². The van der Waals surface area contributed by atoms with E-state index in [-0.39, 0.29) is 11.3 Å². The molecule has 0 saturated heterocycles. The number of primary amides is 1. The van der Waals surface area contributed by atoms with Crippen LogP contribution in [0.15, 0.2) is 24.4 Å². The number of rotatable bonds is 4. The summed E-state index contributed by atoms with van der Waals surface area (Å²) in [5.41, 5.74) is 8.67. The second-order valence-electron chi connectivity index (χ2n) is 6.02. The molecule has 0 aliphatic rings. The third kappa shape index (κ3) is 2.20. The van der Waals surface area contributed by atoms with Gasteiger partial charge < -0.3 is 15.6 Å². The summed E-state index contributed by atoms with van der Waals surface area (Å²) in [5, 5.41) is 4.22. The maximum atomic E-state index is 11.7. The molecule has 1 aromatic heterocycles. The van der Waals surface area contributed by atoms with Crippen LogP contribution in [0.3, 0.4) is 0 Å². The van der Waals surface area contributed by atoms with E-state index in [1.165, 1.54) is 10.9 Å². The van der Waals surface area contributed by atoms with Crippen LogP contribution in [0.4, 0.5) is 0 Å². The number of aryl methyl sites for hydroxylation is 2. The van der Waals surface area contributed by atoms with E-state index in [0.717, 1.165) is 11.1 Å². The Hall–Kier alpha value is -1.81. The van der Waals surface area contributed by atoms with Gasteiger partial charge >= 0.3 is 0 Å². The van der Waals surface area contributed by atoms with Crippen molar-refractivity contribution in [2.45, 2.75) is 32.2 Å². The second-order valence-corrected chi connectivity index (χ2v) is 6.02. The maximum absolute atomic E-state index is 11.7. The van der Waals surface area contributed by atoms with Crippen LogP contribution in [-0.4, -0.2) is 23.6 Å². The molecule has 2 aromatic rings. The Morgan fingerprint density at radius 2 is 2.05 bits per heavy atom. The number of likely N-dealkylation sites (N-methyl/N-ethyl adjacent to an activating group) is 1. The van der Waals surface area contributed by atoms with E-state index in [2.05, 4.69) is 55.1 Å². The lowest BCUT2D eigenvalue weighted by molar-refractivity contribution is -0.121. The fourth-order valence-electron chi connectivity index (χ4n) is 3.03. The molecule has 1 heterocycles. The van der Waals surface area contributed by atoms with Crippen LogP contribution in [-0.2, 0) is 17.3 Å². The summed E-state index contributed by atoms with van der Waals surface area (Å²) >= 11 is 0. The first-order valence-electron chi connectivity index (χ1n) is 6.81. The largest absolute Gasteiger partial charge is 0.368 e. The summed E-state index contributed by atoms with van der Waals surface area (Å²) in [7, 11) is 3.80. The normalized spacial score (nSPS) is 13.7. The van der Waals surface area contributed by atoms with Crippen LogP contribution < -0.4 is 11.1 Å². The molecule has 1 atom stereocenters. The third-order valence-electron chi connectivity index (χ3n) is 4.13. The van der Waals surface area contributed by atoms with Gasteiger partial charge in [0.2, 0.25) is 5.91 Å². The Morgan fingerprint density at radius 3 is 2.60 bits per heavy atom. The van der Waals surface area contributed by atoms with E-state index in [9.17, 15) is 4.79 Å². The van der Waals surface area contributed by atoms with E-state index in [0.29, 0.717) is 0 Å². The fourth-order valence-corrected chi connectivity index (χ4v) is 3.03. The number of nitrogens with zero attached hydrogens (tertiary/aromatic N) is 1. The fraction of sp³-hybridized carbons (Fsp3) is 0.438. The number of hydrogen-bond acceptors (Lipinski definition) is 2. The van der Waals surface area contributed by atoms with Crippen molar-refractivity contribution in [1.82, 2.24) is 9.88 Å². The molecule has 4 nitrogen and oxygen atoms in total. The van der Waals surface area contributed by atoms with Crippen molar-refractivity contribution >= 4 is 16.8 Å². The van der Waals surface area contributed by atoms with Gasteiger partial charge in [-0.05, 0) is 31.7 Å². The van der Waals surface area contributed by atoms with Gasteiger partial charge in [0.25, 0.3) is 0 Å². The van der Waals surface area contributed by atoms with E-state index in [4.69, 9.17) is 5.73 Å². The highest BCUT2D eigenvalue weighted by Gasteiger charge is 2.36. The number of carbonyl (C=O) groups excluding carboxylic acids is 1. The zero-order valence-electron chi connectivity index (χ0n) is 12.8. The molecule has 1 unspecified atom stereocenters. The number of nitrogens with two attached hydrogens (primary N) is 1. The minimum absolute atomic E-state index is 0.331. The molecular weight excluding hydrogens is 250 g/mol. The van der Waals surface area contributed by atoms with Crippen molar-refractivity contribution in [2.24, 2.45) is 12.8 Å². The SMILES string of the molecule is CNC(C(N)=O)C(C)(C)c1cn(C)c2ccc(C)cc12. The van der Waals surface area contributed by atoms with Crippen LogP contribution in [0.2, 0.25) is 0 Å². The number of carbonyl (C=O) groups is 1. The van der Waals surface area contributed by atoms with Crippen molar-refractivity contribution in [1.29, 1.82) is 0 Å². The molecule has 0 spiro atoms. The molecule has 4 heteroatoms. The first-order chi connectivity index (χ1) is 9.28. The second kappa shape index (κ2) is 4.94. The number of aromatic nitrogens is 1. The van der Waals surface area contributed by atoms with Gasteiger partial charge in [0.05, 0.1) is 6.04 Å². The standard InChI is InChI=1S/C16H23N3O/c1-10-6-7-13-11(8-10)12(9-19(13)5)16(2,3)14(18-4)15(17)20/h6-9,14,18H,1-5H3,(H2,17,20). The third-order valence-corrected chi connectivity index (χ3v) is 4.13. The highest BCUT2D eigenvalue weighted by atomic mass is 16.1. The van der Waals surface area contributed by atoms with Gasteiger partial charge in [-0.25, -0.2) is 0 Å². The molecule has 1 amide bonds. The van der Waals surface area contributed by atoms with Crippen molar-refractivity contribution in [3.63, 3.8) is 0 Å². The smallest absolute Gasteiger partial charge is 0.235 e. The summed E-state index contributed by atoms with van der Waals surface area (Å²) in [6.45, 7) is 6.18. The molecule has 0 bridgehead atoms. The zero-order chi connectivity index (χ0) is 15.1. The summed E-state index contributed by atoms with van der Waals surface area (Å²) in [4.78, 5) is 11.7. The number of hydrogen-bond donors (Lipinski definition) is 2. The van der Waals surface area contributed by atoms with Gasteiger partial charge in [-0.3, -0.25) is 4.79 Å². The molecular formula is C16H23N3O. The average Bonchev–Trinajstić information content (AvgIpc) is 2.66. The highest BCUT2D eigenvalue weighted by Crippen LogP contribution is 2.34. The summed E-state index contributed by atoms with van der Waals surface area (Å²) < 4.78 is 2.10. The quantitative estimate of drug-likeness (QED) is 0.893. The molecule has 3 N–H and O–H groups in total. The average molecular weight is 273 g/mol. The molecule has 1 aromatic carbocycles. The van der Waals surface area contributed by atoms with Gasteiger partial charge in [0.1, 0.15) is 0 Å². The Morgan fingerprint density at radius 1 is 1.40 bits per heavy atom. The number of benzene rings is 1. The molecule has 108 valence electrons. The van der Waals surface area contributed by atoms with Gasteiger partial charge in [0, 0.05) is 29.6 Å². The van der Waals surface area contributed by atoms with E-state index in [1.54, 1.807) is 7.05 Å². The van der Waals surface area contributed by atoms with Gasteiger partial charge in [-0.2, -0.15) is 0 Å². The van der Waals surface area contributed by atoms with Gasteiger partial charge in [-0.15, -0.1) is 0 Å². The minimum atomic E-state index is -0.409. The van der Waals surface area contributed by atoms with Crippen LogP contribution in [0.25, 0.3) is 10.9 Å². The van der Waals surface area contributed by atoms with E-state index >= 15 is 0 Å². The number of amides is 1. The molecule has 0 aliphatic heterocycles. The molecule has 0 fully saturated rings. The van der Waals surface area contributed by atoms with Crippen molar-refractivity contribution in [3.8, 4) is 0 Å². The molecule has 0 radical (unpaired) electrons. The monoisotopic (exact) mass is 273 g/mol. The molecule has 0 saturated carbocycles. The number of fused-ring (bicyclic) bond motifs is 1. The highest BCUT2D eigenvalue weighted by molar-refractivity contribution is 5.88. The summed E-state index contributed by atoms with van der Waals surface area (Å²) in [6.07, 6.45) is 2.09. The maximum Gasteiger partial charge on any atom is 0.235 e.